The van der Waals surface area contributed by atoms with Crippen molar-refractivity contribution in [3.05, 3.63) is 10.6 Å². The fraction of sp³-hybridized carbons (Fsp3) is 0.727. The second-order valence-electron chi connectivity index (χ2n) is 4.31. The number of hydrogen-bond acceptors (Lipinski definition) is 4. The Hall–Kier alpha value is -0.610. The highest BCUT2D eigenvalue weighted by molar-refractivity contribution is 7.15. The average molecular weight is 223 g/mol. The first-order valence-corrected chi connectivity index (χ1v) is 6.69. The number of nitrogens with one attached hydrogen (secondary N) is 1. The average Bonchev–Trinajstić information content (AvgIpc) is 2.70. The lowest BCUT2D eigenvalue weighted by Crippen LogP contribution is -2.27. The van der Waals surface area contributed by atoms with E-state index in [1.165, 1.54) is 43.1 Å². The Kier molecular flexibility index (Phi) is 2.63. The molecule has 0 saturated carbocycles. The van der Waals surface area contributed by atoms with Crippen LogP contribution in [0.5, 0.6) is 0 Å². The summed E-state index contributed by atoms with van der Waals surface area (Å²) < 4.78 is 0. The van der Waals surface area contributed by atoms with Gasteiger partial charge in [0.25, 0.3) is 0 Å². The van der Waals surface area contributed by atoms with Gasteiger partial charge in [0.2, 0.25) is 0 Å². The zero-order valence-corrected chi connectivity index (χ0v) is 9.78. The molecule has 15 heavy (non-hydrogen) atoms. The van der Waals surface area contributed by atoms with Crippen LogP contribution in [0.3, 0.4) is 0 Å². The van der Waals surface area contributed by atoms with Crippen LogP contribution in [0.1, 0.15) is 23.4 Å². The Balaban J connectivity index is 1.79. The second kappa shape index (κ2) is 4.10. The van der Waals surface area contributed by atoms with Crippen molar-refractivity contribution in [1.29, 1.82) is 0 Å². The minimum atomic E-state index is 1.10. The second-order valence-corrected chi connectivity index (χ2v) is 5.37. The molecule has 2 aliphatic rings. The molecule has 3 nitrogen and oxygen atoms in total. The molecule has 3 rings (SSSR count). The van der Waals surface area contributed by atoms with Crippen LogP contribution >= 0.6 is 11.3 Å². The molecule has 0 amide bonds. The number of fused-ring (bicyclic) bond motifs is 1. The van der Waals surface area contributed by atoms with Crippen LogP contribution in [0.2, 0.25) is 0 Å². The first kappa shape index (κ1) is 9.60. The third-order valence-electron chi connectivity index (χ3n) is 3.19. The van der Waals surface area contributed by atoms with Gasteiger partial charge in [-0.3, -0.25) is 0 Å². The minimum Gasteiger partial charge on any atom is -0.347 e. The SMILES string of the molecule is C1Cc2nc(N3CCCNCC3)sc2C1. The van der Waals surface area contributed by atoms with Gasteiger partial charge in [-0.05, 0) is 32.2 Å². The fourth-order valence-corrected chi connectivity index (χ4v) is 3.55. The Labute approximate surface area is 94.5 Å². The van der Waals surface area contributed by atoms with Crippen molar-refractivity contribution in [2.45, 2.75) is 25.7 Å². The molecule has 1 N–H and O–H groups in total. The molecule has 1 aliphatic heterocycles. The van der Waals surface area contributed by atoms with Crippen molar-refractivity contribution in [2.75, 3.05) is 31.1 Å². The highest BCUT2D eigenvalue weighted by Crippen LogP contribution is 2.32. The summed E-state index contributed by atoms with van der Waals surface area (Å²) in [5.41, 5.74) is 1.38. The zero-order valence-electron chi connectivity index (χ0n) is 8.96. The largest absolute Gasteiger partial charge is 0.347 e. The summed E-state index contributed by atoms with van der Waals surface area (Å²) >= 11 is 1.92. The summed E-state index contributed by atoms with van der Waals surface area (Å²) in [4.78, 5) is 8.76. The van der Waals surface area contributed by atoms with Crippen LogP contribution in [-0.2, 0) is 12.8 Å². The van der Waals surface area contributed by atoms with Gasteiger partial charge in [-0.2, -0.15) is 0 Å². The molecule has 1 aromatic rings. The lowest BCUT2D eigenvalue weighted by molar-refractivity contribution is 0.724. The molecule has 0 bridgehead atoms. The van der Waals surface area contributed by atoms with Crippen molar-refractivity contribution in [3.8, 4) is 0 Å². The van der Waals surface area contributed by atoms with Crippen molar-refractivity contribution >= 4 is 16.5 Å². The van der Waals surface area contributed by atoms with Crippen molar-refractivity contribution in [2.24, 2.45) is 0 Å². The molecule has 0 atom stereocenters. The summed E-state index contributed by atoms with van der Waals surface area (Å²) in [7, 11) is 0. The molecule has 4 heteroatoms. The van der Waals surface area contributed by atoms with E-state index in [-0.39, 0.29) is 0 Å². The van der Waals surface area contributed by atoms with Gasteiger partial charge in [-0.15, -0.1) is 11.3 Å². The number of rotatable bonds is 1. The third kappa shape index (κ3) is 1.88. The van der Waals surface area contributed by atoms with Gasteiger partial charge in [0, 0.05) is 24.5 Å². The van der Waals surface area contributed by atoms with Gasteiger partial charge >= 0.3 is 0 Å². The summed E-state index contributed by atoms with van der Waals surface area (Å²) in [5.74, 6) is 0. The van der Waals surface area contributed by atoms with E-state index in [9.17, 15) is 0 Å². The van der Waals surface area contributed by atoms with Crippen LogP contribution in [-0.4, -0.2) is 31.2 Å². The standard InChI is InChI=1S/C11H17N3S/c1-3-9-10(4-1)15-11(13-9)14-7-2-5-12-6-8-14/h12H,1-8H2. The molecule has 0 radical (unpaired) electrons. The molecule has 2 heterocycles. The van der Waals surface area contributed by atoms with Gasteiger partial charge in [-0.1, -0.05) is 0 Å². The third-order valence-corrected chi connectivity index (χ3v) is 4.41. The van der Waals surface area contributed by atoms with Gasteiger partial charge < -0.3 is 10.2 Å². The summed E-state index contributed by atoms with van der Waals surface area (Å²) in [6.45, 7) is 4.54. The van der Waals surface area contributed by atoms with Crippen molar-refractivity contribution < 1.29 is 0 Å². The van der Waals surface area contributed by atoms with Crippen LogP contribution in [0.4, 0.5) is 5.13 Å². The van der Waals surface area contributed by atoms with E-state index in [0.717, 1.165) is 19.6 Å². The molecule has 0 aromatic carbocycles. The maximum atomic E-state index is 4.77. The molecule has 1 aliphatic carbocycles. The summed E-state index contributed by atoms with van der Waals surface area (Å²) in [6.07, 6.45) is 5.03. The van der Waals surface area contributed by atoms with Crippen LogP contribution in [0.25, 0.3) is 0 Å². The Morgan fingerprint density at radius 2 is 2.13 bits per heavy atom. The van der Waals surface area contributed by atoms with E-state index in [1.807, 2.05) is 11.3 Å². The van der Waals surface area contributed by atoms with Crippen LogP contribution in [0.15, 0.2) is 0 Å². The van der Waals surface area contributed by atoms with Gasteiger partial charge in [0.15, 0.2) is 5.13 Å². The number of nitrogens with zero attached hydrogens (tertiary/aromatic N) is 2. The predicted octanol–water partition coefficient (Wildman–Crippen LogP) is 1.43. The van der Waals surface area contributed by atoms with Crippen molar-refractivity contribution in [1.82, 2.24) is 10.3 Å². The van der Waals surface area contributed by atoms with Crippen LogP contribution in [0, 0.1) is 0 Å². The Morgan fingerprint density at radius 3 is 3.07 bits per heavy atom. The highest BCUT2D eigenvalue weighted by Gasteiger charge is 2.20. The topological polar surface area (TPSA) is 28.2 Å². The van der Waals surface area contributed by atoms with E-state index >= 15 is 0 Å². The lowest BCUT2D eigenvalue weighted by Gasteiger charge is -2.18. The molecule has 82 valence electrons. The quantitative estimate of drug-likeness (QED) is 0.780. The number of aryl methyl sites for hydroxylation is 2. The highest BCUT2D eigenvalue weighted by atomic mass is 32.1. The molecule has 1 saturated heterocycles. The maximum Gasteiger partial charge on any atom is 0.185 e. The molecular formula is C11H17N3S. The number of thiazole rings is 1. The maximum absolute atomic E-state index is 4.77. The summed E-state index contributed by atoms with van der Waals surface area (Å²) in [5, 5.41) is 4.70. The van der Waals surface area contributed by atoms with E-state index < -0.39 is 0 Å². The van der Waals surface area contributed by atoms with Gasteiger partial charge in [0.1, 0.15) is 0 Å². The first-order valence-electron chi connectivity index (χ1n) is 5.88. The summed E-state index contributed by atoms with van der Waals surface area (Å²) in [6, 6.07) is 0. The van der Waals surface area contributed by atoms with Gasteiger partial charge in [-0.25, -0.2) is 4.98 Å². The lowest BCUT2D eigenvalue weighted by atomic mass is 10.4. The molecular weight excluding hydrogens is 206 g/mol. The van der Waals surface area contributed by atoms with Gasteiger partial charge in [0.05, 0.1) is 5.69 Å². The van der Waals surface area contributed by atoms with E-state index in [2.05, 4.69) is 10.2 Å². The van der Waals surface area contributed by atoms with Crippen LogP contribution < -0.4 is 10.2 Å². The minimum absolute atomic E-state index is 1.10. The smallest absolute Gasteiger partial charge is 0.185 e. The Morgan fingerprint density at radius 1 is 1.13 bits per heavy atom. The zero-order chi connectivity index (χ0) is 10.1. The number of hydrogen-bond donors (Lipinski definition) is 1. The van der Waals surface area contributed by atoms with Crippen molar-refractivity contribution in [3.63, 3.8) is 0 Å². The predicted molar refractivity (Wildman–Crippen MR) is 63.8 cm³/mol. The van der Waals surface area contributed by atoms with E-state index in [4.69, 9.17) is 4.98 Å². The molecule has 1 fully saturated rings. The fourth-order valence-electron chi connectivity index (χ4n) is 2.35. The normalized spacial score (nSPS) is 21.5. The molecule has 0 spiro atoms. The van der Waals surface area contributed by atoms with E-state index in [1.54, 1.807) is 4.88 Å². The number of anilines is 1. The molecule has 1 aromatic heterocycles. The van der Waals surface area contributed by atoms with E-state index in [0.29, 0.717) is 0 Å². The monoisotopic (exact) mass is 223 g/mol. The molecule has 0 unspecified atom stereocenters. The first-order chi connectivity index (χ1) is 7.43. The number of aromatic nitrogens is 1. The Bertz CT molecular complexity index is 318.